The standard InChI is InChI=1S/C19H21ClO/c1-13-3-7-15(8-4-13)18-11-17(20)12-19(21-18)16-9-5-14(2)6-10-16/h3-10,17-19H,11-12H2,1-2H3/t17?,18-,19+. The summed E-state index contributed by atoms with van der Waals surface area (Å²) in [5.41, 5.74) is 4.99. The summed E-state index contributed by atoms with van der Waals surface area (Å²) >= 11 is 6.49. The molecule has 0 amide bonds. The minimum Gasteiger partial charge on any atom is -0.365 e. The molecule has 1 heterocycles. The summed E-state index contributed by atoms with van der Waals surface area (Å²) in [5.74, 6) is 0. The second-order valence-electron chi connectivity index (χ2n) is 6.00. The summed E-state index contributed by atoms with van der Waals surface area (Å²) in [6.07, 6.45) is 1.95. The topological polar surface area (TPSA) is 9.23 Å². The number of benzene rings is 2. The van der Waals surface area contributed by atoms with E-state index in [0.29, 0.717) is 0 Å². The molecule has 3 rings (SSSR count). The van der Waals surface area contributed by atoms with Gasteiger partial charge in [0.15, 0.2) is 0 Å². The van der Waals surface area contributed by atoms with E-state index in [1.165, 1.54) is 22.3 Å². The van der Waals surface area contributed by atoms with E-state index in [2.05, 4.69) is 62.4 Å². The first-order chi connectivity index (χ1) is 10.1. The summed E-state index contributed by atoms with van der Waals surface area (Å²) in [6, 6.07) is 17.2. The highest BCUT2D eigenvalue weighted by Gasteiger charge is 2.30. The third kappa shape index (κ3) is 3.48. The third-order valence-corrected chi connectivity index (χ3v) is 4.52. The van der Waals surface area contributed by atoms with E-state index in [1.54, 1.807) is 0 Å². The van der Waals surface area contributed by atoms with Crippen molar-refractivity contribution in [2.75, 3.05) is 0 Å². The minimum atomic E-state index is 0.0909. The van der Waals surface area contributed by atoms with Crippen LogP contribution in [-0.2, 0) is 4.74 Å². The Labute approximate surface area is 131 Å². The van der Waals surface area contributed by atoms with Crippen LogP contribution in [0.4, 0.5) is 0 Å². The van der Waals surface area contributed by atoms with Gasteiger partial charge in [-0.15, -0.1) is 11.6 Å². The number of hydrogen-bond donors (Lipinski definition) is 0. The Hall–Kier alpha value is -1.31. The zero-order valence-corrected chi connectivity index (χ0v) is 13.3. The van der Waals surface area contributed by atoms with Crippen molar-refractivity contribution >= 4 is 11.6 Å². The lowest BCUT2D eigenvalue weighted by Crippen LogP contribution is -2.23. The molecule has 0 bridgehead atoms. The molecule has 1 aliphatic rings. The molecule has 2 heteroatoms. The molecular formula is C19H21ClO. The van der Waals surface area contributed by atoms with Crippen LogP contribution in [-0.4, -0.2) is 5.38 Å². The van der Waals surface area contributed by atoms with Crippen molar-refractivity contribution in [1.29, 1.82) is 0 Å². The smallest absolute Gasteiger partial charge is 0.0847 e. The van der Waals surface area contributed by atoms with Crippen molar-refractivity contribution in [3.8, 4) is 0 Å². The van der Waals surface area contributed by atoms with Crippen LogP contribution >= 0.6 is 11.6 Å². The van der Waals surface area contributed by atoms with Gasteiger partial charge in [0.05, 0.1) is 12.2 Å². The maximum absolute atomic E-state index is 6.49. The van der Waals surface area contributed by atoms with Crippen LogP contribution in [0, 0.1) is 13.8 Å². The van der Waals surface area contributed by atoms with E-state index in [-0.39, 0.29) is 17.6 Å². The number of hydrogen-bond acceptors (Lipinski definition) is 1. The van der Waals surface area contributed by atoms with Gasteiger partial charge in [-0.25, -0.2) is 0 Å². The Morgan fingerprint density at radius 3 is 1.52 bits per heavy atom. The average Bonchev–Trinajstić information content (AvgIpc) is 2.48. The quantitative estimate of drug-likeness (QED) is 0.665. The molecule has 0 aliphatic carbocycles. The number of alkyl halides is 1. The predicted octanol–water partition coefficient (Wildman–Crippen LogP) is 5.50. The maximum atomic E-state index is 6.49. The zero-order valence-electron chi connectivity index (χ0n) is 12.6. The van der Waals surface area contributed by atoms with Crippen LogP contribution in [0.2, 0.25) is 0 Å². The maximum Gasteiger partial charge on any atom is 0.0847 e. The van der Waals surface area contributed by atoms with Gasteiger partial charge in [0.1, 0.15) is 0 Å². The monoisotopic (exact) mass is 300 g/mol. The molecule has 1 nitrogen and oxygen atoms in total. The molecule has 2 aromatic carbocycles. The molecule has 1 aliphatic heterocycles. The van der Waals surface area contributed by atoms with Crippen LogP contribution in [0.3, 0.4) is 0 Å². The number of halogens is 1. The third-order valence-electron chi connectivity index (χ3n) is 4.17. The molecule has 0 radical (unpaired) electrons. The first-order valence-corrected chi connectivity index (χ1v) is 7.98. The number of aryl methyl sites for hydroxylation is 2. The normalized spacial score (nSPS) is 25.8. The highest BCUT2D eigenvalue weighted by atomic mass is 35.5. The Balaban J connectivity index is 1.81. The van der Waals surface area contributed by atoms with Gasteiger partial charge in [-0.1, -0.05) is 59.7 Å². The van der Waals surface area contributed by atoms with Gasteiger partial charge in [-0.05, 0) is 37.8 Å². The summed E-state index contributed by atoms with van der Waals surface area (Å²) in [6.45, 7) is 4.20. The van der Waals surface area contributed by atoms with Crippen molar-refractivity contribution in [2.24, 2.45) is 0 Å². The SMILES string of the molecule is Cc1ccc([C@@H]2CC(Cl)C[C@H](c3ccc(C)cc3)O2)cc1. The van der Waals surface area contributed by atoms with Crippen LogP contribution in [0.5, 0.6) is 0 Å². The lowest BCUT2D eigenvalue weighted by Gasteiger charge is -2.33. The van der Waals surface area contributed by atoms with E-state index in [9.17, 15) is 0 Å². The first-order valence-electron chi connectivity index (χ1n) is 7.54. The van der Waals surface area contributed by atoms with Crippen molar-refractivity contribution in [3.05, 3.63) is 70.8 Å². The molecule has 0 spiro atoms. The van der Waals surface area contributed by atoms with E-state index < -0.39 is 0 Å². The van der Waals surface area contributed by atoms with Gasteiger partial charge in [0.2, 0.25) is 0 Å². The molecule has 3 atom stereocenters. The molecule has 21 heavy (non-hydrogen) atoms. The highest BCUT2D eigenvalue weighted by Crippen LogP contribution is 2.40. The van der Waals surface area contributed by atoms with Crippen molar-refractivity contribution in [1.82, 2.24) is 0 Å². The predicted molar refractivity (Wildman–Crippen MR) is 87.8 cm³/mol. The van der Waals surface area contributed by atoms with Crippen molar-refractivity contribution in [2.45, 2.75) is 44.3 Å². The molecule has 110 valence electrons. The molecule has 1 fully saturated rings. The second kappa shape index (κ2) is 6.21. The molecule has 2 aromatic rings. The molecule has 0 aromatic heterocycles. The lowest BCUT2D eigenvalue weighted by molar-refractivity contribution is -0.0516. The molecule has 1 saturated heterocycles. The van der Waals surface area contributed by atoms with E-state index >= 15 is 0 Å². The van der Waals surface area contributed by atoms with Gasteiger partial charge in [-0.3, -0.25) is 0 Å². The van der Waals surface area contributed by atoms with Gasteiger partial charge >= 0.3 is 0 Å². The fourth-order valence-corrected chi connectivity index (χ4v) is 3.19. The fourth-order valence-electron chi connectivity index (χ4n) is 2.86. The Morgan fingerprint density at radius 1 is 0.762 bits per heavy atom. The van der Waals surface area contributed by atoms with Gasteiger partial charge in [-0.2, -0.15) is 0 Å². The summed E-state index contributed by atoms with van der Waals surface area (Å²) in [7, 11) is 0. The first kappa shape index (κ1) is 14.6. The summed E-state index contributed by atoms with van der Waals surface area (Å²) < 4.78 is 6.32. The number of rotatable bonds is 2. The molecule has 0 saturated carbocycles. The average molecular weight is 301 g/mol. The van der Waals surface area contributed by atoms with E-state index in [4.69, 9.17) is 16.3 Å². The summed E-state index contributed by atoms with van der Waals surface area (Å²) in [5, 5.41) is 0.163. The van der Waals surface area contributed by atoms with Crippen molar-refractivity contribution in [3.63, 3.8) is 0 Å². The highest BCUT2D eigenvalue weighted by molar-refractivity contribution is 6.20. The molecule has 1 unspecified atom stereocenters. The molecular weight excluding hydrogens is 280 g/mol. The van der Waals surface area contributed by atoms with Crippen molar-refractivity contribution < 1.29 is 4.74 Å². The Kier molecular flexibility index (Phi) is 4.32. The Morgan fingerprint density at radius 2 is 1.14 bits per heavy atom. The van der Waals surface area contributed by atoms with Gasteiger partial charge in [0, 0.05) is 5.38 Å². The zero-order chi connectivity index (χ0) is 14.8. The minimum absolute atomic E-state index is 0.0909. The largest absolute Gasteiger partial charge is 0.365 e. The van der Waals surface area contributed by atoms with E-state index in [0.717, 1.165) is 12.8 Å². The second-order valence-corrected chi connectivity index (χ2v) is 6.62. The number of ether oxygens (including phenoxy) is 1. The van der Waals surface area contributed by atoms with Crippen LogP contribution in [0.15, 0.2) is 48.5 Å². The van der Waals surface area contributed by atoms with Gasteiger partial charge in [0.25, 0.3) is 0 Å². The Bertz CT molecular complexity index is 534. The van der Waals surface area contributed by atoms with Crippen LogP contribution in [0.1, 0.15) is 47.3 Å². The lowest BCUT2D eigenvalue weighted by atomic mass is 9.94. The summed E-state index contributed by atoms with van der Waals surface area (Å²) in [4.78, 5) is 0. The fraction of sp³-hybridized carbons (Fsp3) is 0.368. The van der Waals surface area contributed by atoms with Crippen LogP contribution in [0.25, 0.3) is 0 Å². The van der Waals surface area contributed by atoms with Gasteiger partial charge < -0.3 is 4.74 Å². The molecule has 0 N–H and O–H groups in total. The van der Waals surface area contributed by atoms with E-state index in [1.807, 2.05) is 0 Å². The van der Waals surface area contributed by atoms with Crippen LogP contribution < -0.4 is 0 Å².